The van der Waals surface area contributed by atoms with Crippen molar-refractivity contribution < 1.29 is 46.9 Å². The van der Waals surface area contributed by atoms with Gasteiger partial charge in [-0.25, -0.2) is 12.8 Å². The standard InChI is InChI=1S/C7H8FNO3S.Na/c1-5-4-6(2-3-7(5)8)9-13(10,11)12;/h2-4,9H,1H3,(H,10,11,12);/q;+1/p-1. The summed E-state index contributed by atoms with van der Waals surface area (Å²) in [5, 5.41) is 0. The summed E-state index contributed by atoms with van der Waals surface area (Å²) in [5.41, 5.74) is 0.336. The molecule has 0 aliphatic rings. The van der Waals surface area contributed by atoms with Crippen molar-refractivity contribution in [3.05, 3.63) is 29.6 Å². The van der Waals surface area contributed by atoms with Crippen molar-refractivity contribution in [2.75, 3.05) is 4.72 Å². The van der Waals surface area contributed by atoms with Gasteiger partial charge in [0.05, 0.1) is 0 Å². The zero-order valence-corrected chi connectivity index (χ0v) is 10.6. The summed E-state index contributed by atoms with van der Waals surface area (Å²) in [6.45, 7) is 1.47. The Balaban J connectivity index is 0.00000169. The quantitative estimate of drug-likeness (QED) is 0.470. The van der Waals surface area contributed by atoms with E-state index in [1.54, 1.807) is 4.72 Å². The molecular weight excluding hydrogens is 220 g/mol. The van der Waals surface area contributed by atoms with Crippen LogP contribution in [0.3, 0.4) is 0 Å². The number of hydrogen-bond donors (Lipinski definition) is 1. The van der Waals surface area contributed by atoms with Gasteiger partial charge in [0.15, 0.2) is 10.3 Å². The molecule has 14 heavy (non-hydrogen) atoms. The maximum Gasteiger partial charge on any atom is 1.00 e. The smallest absolute Gasteiger partial charge is 0.731 e. The SMILES string of the molecule is Cc1cc(NS(=O)(=O)[O-])ccc1F.[Na+]. The second-order valence-electron chi connectivity index (χ2n) is 2.52. The largest absolute Gasteiger partial charge is 1.00 e. The van der Waals surface area contributed by atoms with Gasteiger partial charge in [-0.15, -0.1) is 0 Å². The molecule has 0 heterocycles. The van der Waals surface area contributed by atoms with Crippen LogP contribution in [0.1, 0.15) is 5.56 Å². The molecule has 0 aliphatic heterocycles. The number of hydrogen-bond acceptors (Lipinski definition) is 3. The number of nitrogens with one attached hydrogen (secondary N) is 1. The molecule has 0 aromatic heterocycles. The van der Waals surface area contributed by atoms with Crippen molar-refractivity contribution in [3.8, 4) is 0 Å². The van der Waals surface area contributed by atoms with Gasteiger partial charge in [0.1, 0.15) is 5.82 Å². The van der Waals surface area contributed by atoms with E-state index in [2.05, 4.69) is 0 Å². The molecule has 0 saturated heterocycles. The van der Waals surface area contributed by atoms with Gasteiger partial charge >= 0.3 is 29.6 Å². The first-order chi connectivity index (χ1) is 5.88. The van der Waals surface area contributed by atoms with Crippen molar-refractivity contribution >= 4 is 16.0 Å². The van der Waals surface area contributed by atoms with Gasteiger partial charge in [0.2, 0.25) is 0 Å². The molecule has 1 N–H and O–H groups in total. The van der Waals surface area contributed by atoms with Crippen LogP contribution in [0, 0.1) is 12.7 Å². The molecule has 72 valence electrons. The number of halogens is 1. The van der Waals surface area contributed by atoms with E-state index in [0.29, 0.717) is 0 Å². The van der Waals surface area contributed by atoms with Gasteiger partial charge in [-0.05, 0) is 30.7 Å². The topological polar surface area (TPSA) is 69.2 Å². The number of rotatable bonds is 2. The fourth-order valence-corrected chi connectivity index (χ4v) is 1.27. The molecule has 0 amide bonds. The Morgan fingerprint density at radius 2 is 2.00 bits per heavy atom. The van der Waals surface area contributed by atoms with Crippen LogP contribution >= 0.6 is 0 Å². The summed E-state index contributed by atoms with van der Waals surface area (Å²) in [5.74, 6) is -0.450. The van der Waals surface area contributed by atoms with E-state index in [0.717, 1.165) is 6.07 Å². The van der Waals surface area contributed by atoms with Gasteiger partial charge < -0.3 is 4.55 Å². The average molecular weight is 227 g/mol. The Morgan fingerprint density at radius 1 is 1.43 bits per heavy atom. The van der Waals surface area contributed by atoms with Gasteiger partial charge in [0, 0.05) is 5.69 Å². The molecule has 1 aromatic rings. The van der Waals surface area contributed by atoms with Crippen LogP contribution in [0.5, 0.6) is 0 Å². The molecule has 1 rings (SSSR count). The van der Waals surface area contributed by atoms with Crippen molar-refractivity contribution in [2.24, 2.45) is 0 Å². The van der Waals surface area contributed by atoms with Gasteiger partial charge in [-0.1, -0.05) is 0 Å². The molecule has 0 radical (unpaired) electrons. The molecular formula is C7H7FNNaO3S. The van der Waals surface area contributed by atoms with Crippen LogP contribution in [-0.4, -0.2) is 13.0 Å². The van der Waals surface area contributed by atoms with Gasteiger partial charge in [-0.3, -0.25) is 4.72 Å². The third kappa shape index (κ3) is 4.39. The minimum Gasteiger partial charge on any atom is -0.731 e. The van der Waals surface area contributed by atoms with E-state index < -0.39 is 16.1 Å². The van der Waals surface area contributed by atoms with E-state index in [-0.39, 0.29) is 40.8 Å². The van der Waals surface area contributed by atoms with Crippen molar-refractivity contribution in [3.63, 3.8) is 0 Å². The number of aryl methyl sites for hydroxylation is 1. The number of benzene rings is 1. The van der Waals surface area contributed by atoms with Crippen LogP contribution in [0.15, 0.2) is 18.2 Å². The Morgan fingerprint density at radius 3 is 2.43 bits per heavy atom. The molecule has 0 atom stereocenters. The Hall–Kier alpha value is -0.140. The van der Waals surface area contributed by atoms with E-state index >= 15 is 0 Å². The fourth-order valence-electron chi connectivity index (χ4n) is 0.853. The van der Waals surface area contributed by atoms with Crippen molar-refractivity contribution in [2.45, 2.75) is 6.92 Å². The molecule has 1 aromatic carbocycles. The van der Waals surface area contributed by atoms with Gasteiger partial charge in [0.25, 0.3) is 0 Å². The van der Waals surface area contributed by atoms with Gasteiger partial charge in [-0.2, -0.15) is 0 Å². The van der Waals surface area contributed by atoms with Crippen LogP contribution in [0.2, 0.25) is 0 Å². The predicted molar refractivity (Wildman–Crippen MR) is 44.5 cm³/mol. The van der Waals surface area contributed by atoms with Crippen LogP contribution in [0.4, 0.5) is 10.1 Å². The molecule has 0 saturated carbocycles. The van der Waals surface area contributed by atoms with Crippen molar-refractivity contribution in [1.29, 1.82) is 0 Å². The first kappa shape index (κ1) is 13.9. The Kier molecular flexibility index (Phi) is 5.03. The summed E-state index contributed by atoms with van der Waals surface area (Å²) in [6, 6.07) is 3.51. The second-order valence-corrected chi connectivity index (χ2v) is 3.63. The maximum atomic E-state index is 12.7. The Labute approximate surface area is 104 Å². The third-order valence-electron chi connectivity index (χ3n) is 1.40. The molecule has 7 heteroatoms. The van der Waals surface area contributed by atoms with E-state index in [1.807, 2.05) is 0 Å². The molecule has 4 nitrogen and oxygen atoms in total. The molecule has 0 unspecified atom stereocenters. The Bertz CT molecular complexity index is 421. The summed E-state index contributed by atoms with van der Waals surface area (Å²) >= 11 is 0. The molecule has 0 aliphatic carbocycles. The first-order valence-corrected chi connectivity index (χ1v) is 4.79. The minimum atomic E-state index is -4.53. The summed E-state index contributed by atoms with van der Waals surface area (Å²) in [4.78, 5) is 0. The third-order valence-corrected chi connectivity index (χ3v) is 1.89. The monoisotopic (exact) mass is 227 g/mol. The molecule has 0 bridgehead atoms. The zero-order chi connectivity index (χ0) is 10.1. The number of anilines is 1. The molecule has 0 spiro atoms. The summed E-state index contributed by atoms with van der Waals surface area (Å²) < 4.78 is 45.1. The molecule has 0 fully saturated rings. The van der Waals surface area contributed by atoms with Crippen molar-refractivity contribution in [1.82, 2.24) is 0 Å². The first-order valence-electron chi connectivity index (χ1n) is 3.38. The average Bonchev–Trinajstić information content (AvgIpc) is 1.94. The zero-order valence-electron chi connectivity index (χ0n) is 7.74. The predicted octanol–water partition coefficient (Wildman–Crippen LogP) is -1.99. The summed E-state index contributed by atoms with van der Waals surface area (Å²) in [6.07, 6.45) is 0. The minimum absolute atomic E-state index is 0. The fraction of sp³-hybridized carbons (Fsp3) is 0.143. The maximum absolute atomic E-state index is 12.7. The van der Waals surface area contributed by atoms with Crippen LogP contribution in [-0.2, 0) is 10.3 Å². The normalized spacial score (nSPS) is 10.5. The van der Waals surface area contributed by atoms with E-state index in [9.17, 15) is 17.4 Å². The summed E-state index contributed by atoms with van der Waals surface area (Å²) in [7, 11) is -4.53. The second kappa shape index (κ2) is 5.09. The van der Waals surface area contributed by atoms with E-state index in [4.69, 9.17) is 0 Å². The van der Waals surface area contributed by atoms with Crippen LogP contribution in [0.25, 0.3) is 0 Å². The van der Waals surface area contributed by atoms with Crippen LogP contribution < -0.4 is 34.3 Å². The van der Waals surface area contributed by atoms with E-state index in [1.165, 1.54) is 19.1 Å².